The van der Waals surface area contributed by atoms with Crippen LogP contribution in [0, 0.1) is 5.92 Å². The molecule has 1 aliphatic rings. The lowest BCUT2D eigenvalue weighted by molar-refractivity contribution is 0.240. The molecule has 2 rings (SSSR count). The fraction of sp³-hybridized carbons (Fsp3) is 0.583. The summed E-state index contributed by atoms with van der Waals surface area (Å²) in [6, 6.07) is 4.85. The first-order chi connectivity index (χ1) is 7.31. The SMILES string of the molecule is CC1C(CBr)CCN1Cc1cccnc1. The zero-order valence-electron chi connectivity index (χ0n) is 9.06. The summed E-state index contributed by atoms with van der Waals surface area (Å²) in [6.45, 7) is 4.58. The van der Waals surface area contributed by atoms with Gasteiger partial charge in [0.05, 0.1) is 0 Å². The van der Waals surface area contributed by atoms with Crippen LogP contribution in [-0.4, -0.2) is 27.8 Å². The Bertz CT molecular complexity index is 302. The van der Waals surface area contributed by atoms with Gasteiger partial charge in [-0.1, -0.05) is 22.0 Å². The molecular formula is C12H17BrN2. The first-order valence-corrected chi connectivity index (χ1v) is 6.62. The smallest absolute Gasteiger partial charge is 0.0312 e. The summed E-state index contributed by atoms with van der Waals surface area (Å²) < 4.78 is 0. The molecule has 0 spiro atoms. The van der Waals surface area contributed by atoms with E-state index in [1.54, 1.807) is 0 Å². The van der Waals surface area contributed by atoms with Gasteiger partial charge < -0.3 is 0 Å². The molecule has 0 saturated carbocycles. The molecule has 2 atom stereocenters. The average molecular weight is 269 g/mol. The minimum absolute atomic E-state index is 0.685. The Morgan fingerprint density at radius 3 is 3.07 bits per heavy atom. The molecule has 1 aliphatic heterocycles. The quantitative estimate of drug-likeness (QED) is 0.784. The van der Waals surface area contributed by atoms with Crippen LogP contribution >= 0.6 is 15.9 Å². The number of rotatable bonds is 3. The van der Waals surface area contributed by atoms with Crippen molar-refractivity contribution >= 4 is 15.9 Å². The van der Waals surface area contributed by atoms with Crippen molar-refractivity contribution in [2.45, 2.75) is 25.9 Å². The topological polar surface area (TPSA) is 16.1 Å². The highest BCUT2D eigenvalue weighted by molar-refractivity contribution is 9.09. The zero-order valence-corrected chi connectivity index (χ0v) is 10.7. The van der Waals surface area contributed by atoms with Crippen molar-refractivity contribution in [3.63, 3.8) is 0 Å². The average Bonchev–Trinajstić information content (AvgIpc) is 2.62. The third kappa shape index (κ3) is 2.58. The van der Waals surface area contributed by atoms with Gasteiger partial charge >= 0.3 is 0 Å². The van der Waals surface area contributed by atoms with Gasteiger partial charge in [-0.25, -0.2) is 0 Å². The third-order valence-corrected chi connectivity index (χ3v) is 4.18. The number of likely N-dealkylation sites (tertiary alicyclic amines) is 1. The molecule has 0 amide bonds. The molecule has 82 valence electrons. The zero-order chi connectivity index (χ0) is 10.7. The third-order valence-electron chi connectivity index (χ3n) is 3.35. The van der Waals surface area contributed by atoms with Gasteiger partial charge in [-0.3, -0.25) is 9.88 Å². The lowest BCUT2D eigenvalue weighted by Crippen LogP contribution is -2.30. The molecule has 0 aromatic carbocycles. The first-order valence-electron chi connectivity index (χ1n) is 5.50. The predicted molar refractivity (Wildman–Crippen MR) is 66.0 cm³/mol. The minimum Gasteiger partial charge on any atom is -0.296 e. The lowest BCUT2D eigenvalue weighted by atomic mass is 10.1. The Morgan fingerprint density at radius 2 is 2.47 bits per heavy atom. The van der Waals surface area contributed by atoms with Crippen molar-refractivity contribution < 1.29 is 0 Å². The van der Waals surface area contributed by atoms with E-state index in [-0.39, 0.29) is 0 Å². The van der Waals surface area contributed by atoms with Gasteiger partial charge in [-0.15, -0.1) is 0 Å². The van der Waals surface area contributed by atoms with Crippen LogP contribution in [-0.2, 0) is 6.54 Å². The van der Waals surface area contributed by atoms with Gasteiger partial charge in [-0.2, -0.15) is 0 Å². The standard InChI is InChI=1S/C12H17BrN2/c1-10-12(7-13)4-6-15(10)9-11-3-2-5-14-8-11/h2-3,5,8,10,12H,4,6-7,9H2,1H3. The van der Waals surface area contributed by atoms with E-state index in [0.29, 0.717) is 6.04 Å². The Kier molecular flexibility index (Phi) is 3.76. The maximum Gasteiger partial charge on any atom is 0.0312 e. The molecule has 2 heterocycles. The predicted octanol–water partition coefficient (Wildman–Crippen LogP) is 2.69. The Labute approximate surface area is 99.8 Å². The molecule has 0 bridgehead atoms. The van der Waals surface area contributed by atoms with Gasteiger partial charge in [0, 0.05) is 30.3 Å². The fourth-order valence-electron chi connectivity index (χ4n) is 2.23. The van der Waals surface area contributed by atoms with Crippen LogP contribution in [0.3, 0.4) is 0 Å². The van der Waals surface area contributed by atoms with Gasteiger partial charge in [0.25, 0.3) is 0 Å². The van der Waals surface area contributed by atoms with E-state index in [1.807, 2.05) is 18.5 Å². The Balaban J connectivity index is 1.96. The van der Waals surface area contributed by atoms with E-state index in [4.69, 9.17) is 0 Å². The van der Waals surface area contributed by atoms with E-state index in [1.165, 1.54) is 18.5 Å². The van der Waals surface area contributed by atoms with Crippen LogP contribution in [0.5, 0.6) is 0 Å². The highest BCUT2D eigenvalue weighted by Gasteiger charge is 2.29. The van der Waals surface area contributed by atoms with Gasteiger partial charge in [-0.05, 0) is 37.4 Å². The van der Waals surface area contributed by atoms with Crippen LogP contribution in [0.2, 0.25) is 0 Å². The Morgan fingerprint density at radius 1 is 1.60 bits per heavy atom. The van der Waals surface area contributed by atoms with Crippen molar-refractivity contribution in [1.82, 2.24) is 9.88 Å². The molecule has 1 aromatic rings. The second kappa shape index (κ2) is 5.08. The van der Waals surface area contributed by atoms with E-state index in [0.717, 1.165) is 17.8 Å². The highest BCUT2D eigenvalue weighted by atomic mass is 79.9. The molecule has 0 radical (unpaired) electrons. The number of hydrogen-bond acceptors (Lipinski definition) is 2. The van der Waals surface area contributed by atoms with Crippen molar-refractivity contribution in [3.8, 4) is 0 Å². The Hall–Kier alpha value is -0.410. The summed E-state index contributed by atoms with van der Waals surface area (Å²) in [6.07, 6.45) is 5.11. The van der Waals surface area contributed by atoms with Crippen LogP contribution in [0.1, 0.15) is 18.9 Å². The van der Waals surface area contributed by atoms with Crippen LogP contribution < -0.4 is 0 Å². The molecule has 0 aliphatic carbocycles. The summed E-state index contributed by atoms with van der Waals surface area (Å²) in [7, 11) is 0. The number of pyridine rings is 1. The van der Waals surface area contributed by atoms with E-state index in [2.05, 4.69) is 38.8 Å². The molecule has 2 nitrogen and oxygen atoms in total. The number of alkyl halides is 1. The molecule has 2 unspecified atom stereocenters. The number of halogens is 1. The maximum atomic E-state index is 4.16. The van der Waals surface area contributed by atoms with Gasteiger partial charge in [0.15, 0.2) is 0 Å². The van der Waals surface area contributed by atoms with Crippen LogP contribution in [0.4, 0.5) is 0 Å². The van der Waals surface area contributed by atoms with E-state index in [9.17, 15) is 0 Å². The van der Waals surface area contributed by atoms with E-state index < -0.39 is 0 Å². The molecule has 0 N–H and O–H groups in total. The number of aromatic nitrogens is 1. The highest BCUT2D eigenvalue weighted by Crippen LogP contribution is 2.26. The van der Waals surface area contributed by atoms with Crippen LogP contribution in [0.25, 0.3) is 0 Å². The van der Waals surface area contributed by atoms with Crippen molar-refractivity contribution in [2.24, 2.45) is 5.92 Å². The second-order valence-electron chi connectivity index (χ2n) is 4.28. The molecule has 15 heavy (non-hydrogen) atoms. The van der Waals surface area contributed by atoms with Crippen molar-refractivity contribution in [3.05, 3.63) is 30.1 Å². The van der Waals surface area contributed by atoms with Crippen LogP contribution in [0.15, 0.2) is 24.5 Å². The van der Waals surface area contributed by atoms with E-state index >= 15 is 0 Å². The molecule has 1 aromatic heterocycles. The summed E-state index contributed by atoms with van der Waals surface area (Å²) in [4.78, 5) is 6.70. The maximum absolute atomic E-state index is 4.16. The fourth-order valence-corrected chi connectivity index (χ4v) is 3.09. The summed E-state index contributed by atoms with van der Waals surface area (Å²) >= 11 is 3.59. The number of hydrogen-bond donors (Lipinski definition) is 0. The molecule has 1 saturated heterocycles. The summed E-state index contributed by atoms with van der Waals surface area (Å²) in [5.74, 6) is 0.807. The van der Waals surface area contributed by atoms with Crippen molar-refractivity contribution in [2.75, 3.05) is 11.9 Å². The van der Waals surface area contributed by atoms with Gasteiger partial charge in [0.2, 0.25) is 0 Å². The minimum atomic E-state index is 0.685. The lowest BCUT2D eigenvalue weighted by Gasteiger charge is -2.23. The second-order valence-corrected chi connectivity index (χ2v) is 4.92. The number of nitrogens with zero attached hydrogens (tertiary/aromatic N) is 2. The summed E-state index contributed by atoms with van der Waals surface area (Å²) in [5.41, 5.74) is 1.32. The molecular weight excluding hydrogens is 252 g/mol. The molecule has 3 heteroatoms. The monoisotopic (exact) mass is 268 g/mol. The summed E-state index contributed by atoms with van der Waals surface area (Å²) in [5, 5.41) is 1.12. The first kappa shape index (κ1) is 11.1. The largest absolute Gasteiger partial charge is 0.296 e. The van der Waals surface area contributed by atoms with Crippen molar-refractivity contribution in [1.29, 1.82) is 0 Å². The normalized spacial score (nSPS) is 27.1. The van der Waals surface area contributed by atoms with Gasteiger partial charge in [0.1, 0.15) is 0 Å². The molecule has 1 fully saturated rings.